The fourth-order valence-corrected chi connectivity index (χ4v) is 1.81. The lowest BCUT2D eigenvalue weighted by molar-refractivity contribution is -0.137. The van der Waals surface area contributed by atoms with Gasteiger partial charge in [0.15, 0.2) is 0 Å². The Labute approximate surface area is 143 Å². The molecule has 0 unspecified atom stereocenters. The number of amides is 3. The topological polar surface area (TPSA) is 141 Å². The van der Waals surface area contributed by atoms with E-state index < -0.39 is 23.8 Å². The van der Waals surface area contributed by atoms with Crippen LogP contribution in [0.4, 0.5) is 0 Å². The van der Waals surface area contributed by atoms with Gasteiger partial charge in [0.05, 0.1) is 6.04 Å². The van der Waals surface area contributed by atoms with Crippen LogP contribution in [0.1, 0.15) is 38.2 Å². The quantitative estimate of drug-likeness (QED) is 0.397. The largest absolute Gasteiger partial charge is 0.368 e. The maximum Gasteiger partial charge on any atom is 0.309 e. The van der Waals surface area contributed by atoms with Gasteiger partial charge in [0.2, 0.25) is 5.91 Å². The van der Waals surface area contributed by atoms with Crippen LogP contribution in [0, 0.1) is 0 Å². The third-order valence-corrected chi connectivity index (χ3v) is 3.20. The van der Waals surface area contributed by atoms with Gasteiger partial charge in [-0.1, -0.05) is 56.5 Å². The third-order valence-electron chi connectivity index (χ3n) is 3.20. The van der Waals surface area contributed by atoms with Crippen molar-refractivity contribution in [3.8, 4) is 0 Å². The third kappa shape index (κ3) is 11.2. The fraction of sp³-hybridized carbons (Fsp3) is 0.471. The van der Waals surface area contributed by atoms with Gasteiger partial charge in [0, 0.05) is 6.54 Å². The van der Waals surface area contributed by atoms with E-state index in [0.717, 1.165) is 31.2 Å². The minimum atomic E-state index is -0.912. The average molecular weight is 336 g/mol. The Morgan fingerprint density at radius 2 is 1.67 bits per heavy atom. The monoisotopic (exact) mass is 336 g/mol. The number of unbranched alkanes of at least 4 members (excludes halogenated alkanes) is 3. The number of hydrogen-bond acceptors (Lipinski definition) is 4. The predicted molar refractivity (Wildman–Crippen MR) is 93.7 cm³/mol. The van der Waals surface area contributed by atoms with E-state index in [9.17, 15) is 14.4 Å². The molecular weight excluding hydrogens is 308 g/mol. The average Bonchev–Trinajstić information content (AvgIpc) is 2.55. The molecule has 0 aromatic heterocycles. The molecule has 1 atom stereocenters. The van der Waals surface area contributed by atoms with E-state index >= 15 is 0 Å². The van der Waals surface area contributed by atoms with Crippen molar-refractivity contribution in [3.05, 3.63) is 35.9 Å². The molecule has 1 rings (SSSR count). The summed E-state index contributed by atoms with van der Waals surface area (Å²) in [6, 6.07) is 8.99. The van der Waals surface area contributed by atoms with Crippen molar-refractivity contribution < 1.29 is 14.4 Å². The van der Waals surface area contributed by atoms with Crippen LogP contribution in [0.5, 0.6) is 0 Å². The van der Waals surface area contributed by atoms with E-state index in [-0.39, 0.29) is 0 Å². The van der Waals surface area contributed by atoms with Crippen LogP contribution in [-0.4, -0.2) is 30.3 Å². The zero-order chi connectivity index (χ0) is 18.4. The molecule has 0 aliphatic heterocycles. The Morgan fingerprint density at radius 3 is 2.17 bits per heavy atom. The molecule has 0 heterocycles. The van der Waals surface area contributed by atoms with E-state index in [4.69, 9.17) is 17.2 Å². The summed E-state index contributed by atoms with van der Waals surface area (Å²) in [5.41, 5.74) is 16.3. The normalized spacial score (nSPS) is 10.9. The number of hydrogen-bond donors (Lipinski definition) is 4. The maximum absolute atomic E-state index is 10.6. The summed E-state index contributed by atoms with van der Waals surface area (Å²) in [6.45, 7) is 2.66. The SMILES string of the molecule is CCCCCCNC(=O)C(N)=O.NC(=O)[C@@H](N)Cc1ccccc1. The zero-order valence-corrected chi connectivity index (χ0v) is 14.2. The van der Waals surface area contributed by atoms with Crippen LogP contribution in [0.15, 0.2) is 30.3 Å². The molecule has 24 heavy (non-hydrogen) atoms. The Bertz CT molecular complexity index is 506. The van der Waals surface area contributed by atoms with Crippen molar-refractivity contribution in [2.75, 3.05) is 6.54 Å². The van der Waals surface area contributed by atoms with Gasteiger partial charge in [0.25, 0.3) is 0 Å². The Hall–Kier alpha value is -2.41. The molecule has 0 saturated carbocycles. The minimum Gasteiger partial charge on any atom is -0.368 e. The lowest BCUT2D eigenvalue weighted by Gasteiger charge is -2.06. The predicted octanol–water partition coefficient (Wildman–Crippen LogP) is 0.210. The van der Waals surface area contributed by atoms with E-state index in [2.05, 4.69) is 12.2 Å². The van der Waals surface area contributed by atoms with Gasteiger partial charge in [0.1, 0.15) is 0 Å². The number of rotatable bonds is 8. The molecule has 0 aliphatic rings. The summed E-state index contributed by atoms with van der Waals surface area (Å²) < 4.78 is 0. The first kappa shape index (κ1) is 21.6. The van der Waals surface area contributed by atoms with Crippen molar-refractivity contribution >= 4 is 17.7 Å². The molecule has 0 bridgehead atoms. The molecule has 0 fully saturated rings. The number of carbonyl (C=O) groups is 3. The van der Waals surface area contributed by atoms with Gasteiger partial charge in [-0.15, -0.1) is 0 Å². The second-order valence-electron chi connectivity index (χ2n) is 5.38. The van der Waals surface area contributed by atoms with Crippen molar-refractivity contribution in [3.63, 3.8) is 0 Å². The smallest absolute Gasteiger partial charge is 0.309 e. The molecule has 7 heteroatoms. The molecule has 0 aliphatic carbocycles. The van der Waals surface area contributed by atoms with Gasteiger partial charge in [-0.25, -0.2) is 0 Å². The first-order valence-corrected chi connectivity index (χ1v) is 8.04. The number of nitrogens with two attached hydrogens (primary N) is 3. The summed E-state index contributed by atoms with van der Waals surface area (Å²) in [5, 5.41) is 2.43. The van der Waals surface area contributed by atoms with E-state index in [0.29, 0.717) is 13.0 Å². The maximum atomic E-state index is 10.6. The van der Waals surface area contributed by atoms with Crippen LogP contribution in [-0.2, 0) is 20.8 Å². The van der Waals surface area contributed by atoms with Gasteiger partial charge >= 0.3 is 11.8 Å². The number of benzene rings is 1. The van der Waals surface area contributed by atoms with Crippen LogP contribution < -0.4 is 22.5 Å². The number of carbonyl (C=O) groups excluding carboxylic acids is 3. The molecule has 0 saturated heterocycles. The molecule has 1 aromatic carbocycles. The molecule has 3 amide bonds. The summed E-state index contributed by atoms with van der Waals surface area (Å²) in [7, 11) is 0. The van der Waals surface area contributed by atoms with Crippen molar-refractivity contribution in [1.29, 1.82) is 0 Å². The second kappa shape index (κ2) is 13.1. The summed E-state index contributed by atoms with van der Waals surface area (Å²) in [6.07, 6.45) is 4.81. The van der Waals surface area contributed by atoms with E-state index in [1.165, 1.54) is 0 Å². The molecule has 134 valence electrons. The second-order valence-corrected chi connectivity index (χ2v) is 5.38. The van der Waals surface area contributed by atoms with E-state index in [1.807, 2.05) is 30.3 Å². The molecular formula is C17H28N4O3. The van der Waals surface area contributed by atoms with Crippen LogP contribution in [0.2, 0.25) is 0 Å². The van der Waals surface area contributed by atoms with Crippen molar-refractivity contribution in [2.45, 2.75) is 45.1 Å². The molecule has 7 nitrogen and oxygen atoms in total. The first-order chi connectivity index (χ1) is 11.4. The van der Waals surface area contributed by atoms with Crippen molar-refractivity contribution in [1.82, 2.24) is 5.32 Å². The van der Waals surface area contributed by atoms with E-state index in [1.54, 1.807) is 0 Å². The van der Waals surface area contributed by atoms with Gasteiger partial charge in [-0.3, -0.25) is 14.4 Å². The summed E-state index contributed by atoms with van der Waals surface area (Å²) in [4.78, 5) is 31.4. The first-order valence-electron chi connectivity index (χ1n) is 8.04. The summed E-state index contributed by atoms with van der Waals surface area (Å²) >= 11 is 0. The Kier molecular flexibility index (Phi) is 11.8. The lowest BCUT2D eigenvalue weighted by atomic mass is 10.1. The zero-order valence-electron chi connectivity index (χ0n) is 14.2. The summed E-state index contributed by atoms with van der Waals surface area (Å²) in [5.74, 6) is -2.06. The van der Waals surface area contributed by atoms with Crippen LogP contribution >= 0.6 is 0 Å². The highest BCUT2D eigenvalue weighted by Gasteiger charge is 2.08. The van der Waals surface area contributed by atoms with Gasteiger partial charge in [-0.2, -0.15) is 0 Å². The highest BCUT2D eigenvalue weighted by molar-refractivity contribution is 6.34. The lowest BCUT2D eigenvalue weighted by Crippen LogP contribution is -2.38. The highest BCUT2D eigenvalue weighted by atomic mass is 16.2. The van der Waals surface area contributed by atoms with Gasteiger partial charge < -0.3 is 22.5 Å². The van der Waals surface area contributed by atoms with Crippen LogP contribution in [0.3, 0.4) is 0 Å². The minimum absolute atomic E-state index is 0.459. The standard InChI is InChI=1S/C9H12N2O.C8H16N2O2/c10-8(9(11)12)6-7-4-2-1-3-5-7;1-2-3-4-5-6-10-8(12)7(9)11/h1-5,8H,6,10H2,(H2,11,12);2-6H2,1H3,(H2,9,11)(H,10,12)/t8-;/m0./s1. The molecule has 0 radical (unpaired) electrons. The number of primary amides is 2. The Morgan fingerprint density at radius 1 is 1.04 bits per heavy atom. The molecule has 7 N–H and O–H groups in total. The Balaban J connectivity index is 0.000000441. The van der Waals surface area contributed by atoms with Gasteiger partial charge in [-0.05, 0) is 18.4 Å². The fourth-order valence-electron chi connectivity index (χ4n) is 1.81. The van der Waals surface area contributed by atoms with Crippen molar-refractivity contribution in [2.24, 2.45) is 17.2 Å². The highest BCUT2D eigenvalue weighted by Crippen LogP contribution is 2.01. The van der Waals surface area contributed by atoms with Crippen LogP contribution in [0.25, 0.3) is 0 Å². The number of nitrogens with one attached hydrogen (secondary N) is 1. The molecule has 1 aromatic rings. The molecule has 0 spiro atoms.